The van der Waals surface area contributed by atoms with Gasteiger partial charge in [0, 0.05) is 26.1 Å². The summed E-state index contributed by atoms with van der Waals surface area (Å²) in [5.41, 5.74) is 0. The van der Waals surface area contributed by atoms with Crippen LogP contribution in [0, 0.1) is 0 Å². The maximum absolute atomic E-state index is 12.1. The number of carbonyl (C=O) groups is 2. The fourth-order valence-corrected chi connectivity index (χ4v) is 2.19. The van der Waals surface area contributed by atoms with Gasteiger partial charge in [0.2, 0.25) is 5.91 Å². The molecule has 0 aromatic carbocycles. The number of hydrogen-bond donors (Lipinski definition) is 1. The predicted octanol–water partition coefficient (Wildman–Crippen LogP) is -0.0529. The van der Waals surface area contributed by atoms with Crippen LogP contribution in [0.1, 0.15) is 19.3 Å². The van der Waals surface area contributed by atoms with Crippen LogP contribution < -0.4 is 0 Å². The number of carboxylic acids is 1. The zero-order valence-electron chi connectivity index (χ0n) is 12.0. The van der Waals surface area contributed by atoms with Crippen molar-refractivity contribution in [1.82, 2.24) is 14.7 Å². The van der Waals surface area contributed by atoms with E-state index in [9.17, 15) is 9.59 Å². The summed E-state index contributed by atoms with van der Waals surface area (Å²) in [6.07, 6.45) is 2.82. The smallest absolute Gasteiger partial charge is 0.323 e. The van der Waals surface area contributed by atoms with Gasteiger partial charge in [-0.3, -0.25) is 9.59 Å². The molecular weight excluding hydrogens is 246 g/mol. The van der Waals surface area contributed by atoms with E-state index in [1.54, 1.807) is 0 Å². The zero-order chi connectivity index (χ0) is 14.3. The van der Waals surface area contributed by atoms with Gasteiger partial charge in [-0.1, -0.05) is 0 Å². The van der Waals surface area contributed by atoms with Gasteiger partial charge in [0.05, 0.1) is 0 Å². The Morgan fingerprint density at radius 3 is 2.32 bits per heavy atom. The molecule has 0 bridgehead atoms. The summed E-state index contributed by atoms with van der Waals surface area (Å²) < 4.78 is 0. The molecule has 0 aromatic heterocycles. The molecule has 1 heterocycles. The molecule has 0 atom stereocenters. The number of aliphatic carboxylic acids is 1. The van der Waals surface area contributed by atoms with E-state index in [2.05, 4.69) is 4.90 Å². The molecule has 0 spiro atoms. The van der Waals surface area contributed by atoms with Crippen molar-refractivity contribution >= 4 is 11.9 Å². The van der Waals surface area contributed by atoms with E-state index in [1.165, 1.54) is 17.7 Å². The zero-order valence-corrected chi connectivity index (χ0v) is 12.0. The summed E-state index contributed by atoms with van der Waals surface area (Å²) in [5, 5.41) is 8.86. The number of amides is 1. The molecule has 6 nitrogen and oxygen atoms in total. The summed E-state index contributed by atoms with van der Waals surface area (Å²) >= 11 is 0. The molecule has 1 amide bonds. The molecule has 1 rings (SSSR count). The van der Waals surface area contributed by atoms with Crippen LogP contribution in [0.25, 0.3) is 0 Å². The molecule has 1 saturated heterocycles. The van der Waals surface area contributed by atoms with E-state index < -0.39 is 5.97 Å². The highest BCUT2D eigenvalue weighted by Gasteiger charge is 2.19. The lowest BCUT2D eigenvalue weighted by atomic mass is 10.3. The molecule has 0 unspecified atom stereocenters. The molecule has 110 valence electrons. The molecule has 6 heteroatoms. The van der Waals surface area contributed by atoms with Crippen LogP contribution in [0.15, 0.2) is 0 Å². The van der Waals surface area contributed by atoms with E-state index in [4.69, 9.17) is 5.11 Å². The molecule has 19 heavy (non-hydrogen) atoms. The topological polar surface area (TPSA) is 64.1 Å². The third-order valence-corrected chi connectivity index (χ3v) is 3.34. The van der Waals surface area contributed by atoms with Gasteiger partial charge in [-0.15, -0.1) is 0 Å². The monoisotopic (exact) mass is 271 g/mol. The summed E-state index contributed by atoms with van der Waals surface area (Å²) in [6, 6.07) is 0. The Hall–Kier alpha value is -1.14. The average molecular weight is 271 g/mol. The Balaban J connectivity index is 2.37. The van der Waals surface area contributed by atoms with E-state index in [0.717, 1.165) is 19.6 Å². The molecule has 1 aliphatic rings. The van der Waals surface area contributed by atoms with Gasteiger partial charge in [0.15, 0.2) is 0 Å². The molecule has 1 aliphatic heterocycles. The molecular formula is C13H25N3O3. The fourth-order valence-electron chi connectivity index (χ4n) is 2.19. The van der Waals surface area contributed by atoms with Crippen LogP contribution in [0.2, 0.25) is 0 Å². The lowest BCUT2D eigenvalue weighted by Crippen LogP contribution is -2.41. The number of nitrogens with zero attached hydrogens (tertiary/aromatic N) is 3. The first-order valence-corrected chi connectivity index (χ1v) is 6.85. The number of hydrogen-bond acceptors (Lipinski definition) is 4. The van der Waals surface area contributed by atoms with Crippen LogP contribution in [-0.4, -0.2) is 85.0 Å². The highest BCUT2D eigenvalue weighted by molar-refractivity contribution is 5.81. The van der Waals surface area contributed by atoms with E-state index in [-0.39, 0.29) is 12.5 Å². The van der Waals surface area contributed by atoms with E-state index in [1.807, 2.05) is 19.0 Å². The minimum Gasteiger partial charge on any atom is -0.480 e. The fraction of sp³-hybridized carbons (Fsp3) is 0.846. The van der Waals surface area contributed by atoms with Crippen molar-refractivity contribution in [2.45, 2.75) is 19.3 Å². The van der Waals surface area contributed by atoms with Crippen molar-refractivity contribution in [3.8, 4) is 0 Å². The Kier molecular flexibility index (Phi) is 6.80. The first kappa shape index (κ1) is 15.9. The second-order valence-electron chi connectivity index (χ2n) is 5.31. The SMILES string of the molecule is CN(C)CCN(CC(=O)O)C(=O)CCN1CCCC1. The first-order chi connectivity index (χ1) is 8.99. The second kappa shape index (κ2) is 8.12. The van der Waals surface area contributed by atoms with E-state index >= 15 is 0 Å². The number of rotatable bonds is 8. The summed E-state index contributed by atoms with van der Waals surface area (Å²) in [7, 11) is 3.82. The summed E-state index contributed by atoms with van der Waals surface area (Å²) in [6.45, 7) is 3.82. The van der Waals surface area contributed by atoms with Gasteiger partial charge >= 0.3 is 5.97 Å². The highest BCUT2D eigenvalue weighted by atomic mass is 16.4. The normalized spacial score (nSPS) is 15.9. The van der Waals surface area contributed by atoms with Crippen LogP contribution >= 0.6 is 0 Å². The van der Waals surface area contributed by atoms with Gasteiger partial charge in [-0.2, -0.15) is 0 Å². The summed E-state index contributed by atoms with van der Waals surface area (Å²) in [5.74, 6) is -1.01. The quantitative estimate of drug-likeness (QED) is 0.670. The third-order valence-electron chi connectivity index (χ3n) is 3.34. The predicted molar refractivity (Wildman–Crippen MR) is 73.1 cm³/mol. The maximum atomic E-state index is 12.1. The van der Waals surface area contributed by atoms with Crippen molar-refractivity contribution < 1.29 is 14.7 Å². The van der Waals surface area contributed by atoms with Crippen molar-refractivity contribution in [3.63, 3.8) is 0 Å². The molecule has 0 saturated carbocycles. The highest BCUT2D eigenvalue weighted by Crippen LogP contribution is 2.08. The van der Waals surface area contributed by atoms with Gasteiger partial charge in [0.25, 0.3) is 0 Å². The van der Waals surface area contributed by atoms with Gasteiger partial charge < -0.3 is 19.8 Å². The van der Waals surface area contributed by atoms with Gasteiger partial charge in [0.1, 0.15) is 6.54 Å². The number of carboxylic acid groups (broad SMARTS) is 1. The van der Waals surface area contributed by atoms with Gasteiger partial charge in [-0.25, -0.2) is 0 Å². The van der Waals surface area contributed by atoms with Crippen molar-refractivity contribution in [2.75, 3.05) is 53.4 Å². The third kappa shape index (κ3) is 6.54. The second-order valence-corrected chi connectivity index (χ2v) is 5.31. The Morgan fingerprint density at radius 2 is 1.79 bits per heavy atom. The van der Waals surface area contributed by atoms with E-state index in [0.29, 0.717) is 19.5 Å². The summed E-state index contributed by atoms with van der Waals surface area (Å²) in [4.78, 5) is 28.5. The largest absolute Gasteiger partial charge is 0.480 e. The molecule has 0 radical (unpaired) electrons. The molecule has 0 aliphatic carbocycles. The molecule has 1 N–H and O–H groups in total. The average Bonchev–Trinajstić information content (AvgIpc) is 2.83. The van der Waals surface area contributed by atoms with Crippen molar-refractivity contribution in [3.05, 3.63) is 0 Å². The minimum atomic E-state index is -0.951. The Morgan fingerprint density at radius 1 is 1.16 bits per heavy atom. The Labute approximate surface area is 115 Å². The maximum Gasteiger partial charge on any atom is 0.323 e. The first-order valence-electron chi connectivity index (χ1n) is 6.85. The van der Waals surface area contributed by atoms with Crippen LogP contribution in [0.3, 0.4) is 0 Å². The van der Waals surface area contributed by atoms with Gasteiger partial charge in [-0.05, 0) is 40.0 Å². The lowest BCUT2D eigenvalue weighted by molar-refractivity contribution is -0.144. The van der Waals surface area contributed by atoms with Crippen molar-refractivity contribution in [2.24, 2.45) is 0 Å². The number of carbonyl (C=O) groups excluding carboxylic acids is 1. The lowest BCUT2D eigenvalue weighted by Gasteiger charge is -2.24. The van der Waals surface area contributed by atoms with Crippen LogP contribution in [0.4, 0.5) is 0 Å². The number of likely N-dealkylation sites (tertiary alicyclic amines) is 1. The minimum absolute atomic E-state index is 0.0591. The van der Waals surface area contributed by atoms with Crippen LogP contribution in [-0.2, 0) is 9.59 Å². The standard InChI is InChI=1S/C13H25N3O3/c1-14(2)9-10-16(11-13(18)19)12(17)5-8-15-6-3-4-7-15/h3-11H2,1-2H3,(H,18,19). The van der Waals surface area contributed by atoms with Crippen LogP contribution in [0.5, 0.6) is 0 Å². The Bertz CT molecular complexity index is 302. The molecule has 0 aromatic rings. The van der Waals surface area contributed by atoms with Crippen molar-refractivity contribution in [1.29, 1.82) is 0 Å². The molecule has 1 fully saturated rings. The number of likely N-dealkylation sites (N-methyl/N-ethyl adjacent to an activating group) is 1.